The molecule has 1 atom stereocenters. The molecule has 1 heterocycles. The van der Waals surface area contributed by atoms with Crippen molar-refractivity contribution in [3.63, 3.8) is 0 Å². The van der Waals surface area contributed by atoms with Gasteiger partial charge in [-0.05, 0) is 40.0 Å². The molecule has 28 heavy (non-hydrogen) atoms. The molecule has 0 spiro atoms. The molecule has 10 heteroatoms. The fourth-order valence-electron chi connectivity index (χ4n) is 2.28. The maximum atomic E-state index is 11.8. The summed E-state index contributed by atoms with van der Waals surface area (Å²) < 4.78 is 10.8. The van der Waals surface area contributed by atoms with E-state index in [2.05, 4.69) is 20.9 Å². The van der Waals surface area contributed by atoms with Crippen LogP contribution in [-0.2, 0) is 14.3 Å². The maximum absolute atomic E-state index is 11.8. The molecule has 2 amide bonds. The Hall–Kier alpha value is -1.30. The molecule has 1 aliphatic rings. The van der Waals surface area contributed by atoms with Gasteiger partial charge in [0.2, 0.25) is 5.91 Å². The van der Waals surface area contributed by atoms with E-state index in [1.807, 2.05) is 20.8 Å². The molecule has 0 saturated carbocycles. The molecule has 0 aromatic carbocycles. The minimum absolute atomic E-state index is 0. The van der Waals surface area contributed by atoms with E-state index in [9.17, 15) is 9.59 Å². The zero-order valence-corrected chi connectivity index (χ0v) is 20.0. The molecule has 0 radical (unpaired) electrons. The van der Waals surface area contributed by atoms with Crippen molar-refractivity contribution in [1.82, 2.24) is 20.9 Å². The Bertz CT molecular complexity index is 503. The normalized spacial score (nSPS) is 16.8. The number of amides is 2. The summed E-state index contributed by atoms with van der Waals surface area (Å²) in [5, 5.41) is 9.11. The molecule has 164 valence electrons. The van der Waals surface area contributed by atoms with E-state index in [1.165, 1.54) is 4.90 Å². The van der Waals surface area contributed by atoms with Crippen molar-refractivity contribution < 1.29 is 19.1 Å². The minimum Gasteiger partial charge on any atom is -0.444 e. The predicted molar refractivity (Wildman–Crippen MR) is 120 cm³/mol. The lowest BCUT2D eigenvalue weighted by atomic mass is 10.2. The molecule has 1 saturated heterocycles. The summed E-state index contributed by atoms with van der Waals surface area (Å²) in [5.41, 5.74) is -0.507. The SMILES string of the molecule is CN(C)C(=O)CN=C(NCCCNC(=O)OC(C)(C)C)NCC1CCCO1.I. The third-order valence-corrected chi connectivity index (χ3v) is 3.71. The Kier molecular flexibility index (Phi) is 13.2. The van der Waals surface area contributed by atoms with Crippen LogP contribution in [0.1, 0.15) is 40.0 Å². The number of nitrogens with zero attached hydrogens (tertiary/aromatic N) is 2. The number of halogens is 1. The van der Waals surface area contributed by atoms with Crippen molar-refractivity contribution in [2.75, 3.05) is 46.9 Å². The molecule has 1 fully saturated rings. The van der Waals surface area contributed by atoms with Crippen LogP contribution in [-0.4, -0.2) is 81.4 Å². The summed E-state index contributed by atoms with van der Waals surface area (Å²) in [6, 6.07) is 0. The van der Waals surface area contributed by atoms with Crippen LogP contribution in [0.3, 0.4) is 0 Å². The van der Waals surface area contributed by atoms with Crippen LogP contribution in [0, 0.1) is 0 Å². The van der Waals surface area contributed by atoms with E-state index in [0.29, 0.717) is 32.0 Å². The van der Waals surface area contributed by atoms with Crippen molar-refractivity contribution in [2.45, 2.75) is 51.7 Å². The first-order valence-electron chi connectivity index (χ1n) is 9.48. The van der Waals surface area contributed by atoms with E-state index in [-0.39, 0.29) is 42.5 Å². The summed E-state index contributed by atoms with van der Waals surface area (Å²) in [4.78, 5) is 29.2. The average Bonchev–Trinajstić information content (AvgIpc) is 3.07. The fourth-order valence-corrected chi connectivity index (χ4v) is 2.28. The molecule has 1 unspecified atom stereocenters. The molecular formula is C18H36IN5O4. The van der Waals surface area contributed by atoms with Crippen molar-refractivity contribution in [3.8, 4) is 0 Å². The largest absolute Gasteiger partial charge is 0.444 e. The Balaban J connectivity index is 0.00000729. The summed E-state index contributed by atoms with van der Waals surface area (Å²) in [6.45, 7) is 8.08. The number of carbonyl (C=O) groups excluding carboxylic acids is 2. The van der Waals surface area contributed by atoms with Crippen LogP contribution < -0.4 is 16.0 Å². The molecule has 1 rings (SSSR count). The number of hydrogen-bond donors (Lipinski definition) is 3. The van der Waals surface area contributed by atoms with Crippen molar-refractivity contribution >= 4 is 41.9 Å². The number of guanidine groups is 1. The highest BCUT2D eigenvalue weighted by atomic mass is 127. The first-order chi connectivity index (χ1) is 12.7. The third-order valence-electron chi connectivity index (χ3n) is 3.71. The van der Waals surface area contributed by atoms with Gasteiger partial charge in [0.15, 0.2) is 5.96 Å². The molecule has 0 aromatic heterocycles. The topological polar surface area (TPSA) is 104 Å². The smallest absolute Gasteiger partial charge is 0.407 e. The molecule has 1 aliphatic heterocycles. The Morgan fingerprint density at radius 1 is 1.18 bits per heavy atom. The fraction of sp³-hybridized carbons (Fsp3) is 0.833. The average molecular weight is 513 g/mol. The van der Waals surface area contributed by atoms with Gasteiger partial charge in [-0.25, -0.2) is 9.79 Å². The summed E-state index contributed by atoms with van der Waals surface area (Å²) in [7, 11) is 3.40. The number of hydrogen-bond acceptors (Lipinski definition) is 5. The lowest BCUT2D eigenvalue weighted by Gasteiger charge is -2.20. The lowest BCUT2D eigenvalue weighted by molar-refractivity contribution is -0.127. The van der Waals surface area contributed by atoms with Crippen LogP contribution in [0.4, 0.5) is 4.79 Å². The van der Waals surface area contributed by atoms with Gasteiger partial charge >= 0.3 is 6.09 Å². The molecule has 9 nitrogen and oxygen atoms in total. The van der Waals surface area contributed by atoms with Crippen LogP contribution in [0.25, 0.3) is 0 Å². The predicted octanol–water partition coefficient (Wildman–Crippen LogP) is 1.32. The first kappa shape index (κ1) is 26.7. The maximum Gasteiger partial charge on any atom is 0.407 e. The Morgan fingerprint density at radius 3 is 2.43 bits per heavy atom. The zero-order valence-electron chi connectivity index (χ0n) is 17.7. The van der Waals surface area contributed by atoms with Crippen molar-refractivity contribution in [2.24, 2.45) is 4.99 Å². The van der Waals surface area contributed by atoms with Crippen molar-refractivity contribution in [1.29, 1.82) is 0 Å². The quantitative estimate of drug-likeness (QED) is 0.196. The highest BCUT2D eigenvalue weighted by molar-refractivity contribution is 14.0. The summed E-state index contributed by atoms with van der Waals surface area (Å²) in [6.07, 6.45) is 2.54. The van der Waals surface area contributed by atoms with E-state index >= 15 is 0 Å². The third kappa shape index (κ3) is 13.0. The molecule has 0 aliphatic carbocycles. The number of ether oxygens (including phenoxy) is 2. The summed E-state index contributed by atoms with van der Waals surface area (Å²) >= 11 is 0. The first-order valence-corrected chi connectivity index (χ1v) is 9.48. The number of rotatable bonds is 8. The van der Waals surface area contributed by atoms with E-state index in [1.54, 1.807) is 14.1 Å². The number of aliphatic imine (C=N–C) groups is 1. The van der Waals surface area contributed by atoms with Crippen LogP contribution in [0.2, 0.25) is 0 Å². The molecular weight excluding hydrogens is 477 g/mol. The number of nitrogens with one attached hydrogen (secondary N) is 3. The second kappa shape index (κ2) is 13.8. The van der Waals surface area contributed by atoms with Crippen molar-refractivity contribution in [3.05, 3.63) is 0 Å². The number of alkyl carbamates (subject to hydrolysis) is 1. The van der Waals surface area contributed by atoms with Gasteiger partial charge < -0.3 is 30.3 Å². The molecule has 0 aromatic rings. The van der Waals surface area contributed by atoms with Crippen LogP contribution in [0.5, 0.6) is 0 Å². The second-order valence-electron chi connectivity index (χ2n) is 7.68. The molecule has 0 bridgehead atoms. The van der Waals surface area contributed by atoms with Gasteiger partial charge in [-0.15, -0.1) is 24.0 Å². The van der Waals surface area contributed by atoms with Gasteiger partial charge in [-0.3, -0.25) is 4.79 Å². The van der Waals surface area contributed by atoms with E-state index in [4.69, 9.17) is 9.47 Å². The monoisotopic (exact) mass is 513 g/mol. The van der Waals surface area contributed by atoms with E-state index in [0.717, 1.165) is 19.4 Å². The van der Waals surface area contributed by atoms with Gasteiger partial charge in [-0.2, -0.15) is 0 Å². The van der Waals surface area contributed by atoms with Gasteiger partial charge in [-0.1, -0.05) is 0 Å². The summed E-state index contributed by atoms with van der Waals surface area (Å²) in [5.74, 6) is 0.498. The highest BCUT2D eigenvalue weighted by Gasteiger charge is 2.16. The molecule has 3 N–H and O–H groups in total. The van der Waals surface area contributed by atoms with Crippen LogP contribution >= 0.6 is 24.0 Å². The lowest BCUT2D eigenvalue weighted by Crippen LogP contribution is -2.43. The Morgan fingerprint density at radius 2 is 1.86 bits per heavy atom. The van der Waals surface area contributed by atoms with Gasteiger partial charge in [0, 0.05) is 40.3 Å². The highest BCUT2D eigenvalue weighted by Crippen LogP contribution is 2.10. The Labute approximate surface area is 185 Å². The van der Waals surface area contributed by atoms with Gasteiger partial charge in [0.1, 0.15) is 12.1 Å². The van der Waals surface area contributed by atoms with Gasteiger partial charge in [0.05, 0.1) is 6.10 Å². The minimum atomic E-state index is -0.507. The second-order valence-corrected chi connectivity index (χ2v) is 7.68. The number of likely N-dealkylation sites (N-methyl/N-ethyl adjacent to an activating group) is 1. The van der Waals surface area contributed by atoms with Gasteiger partial charge in [0.25, 0.3) is 0 Å². The van der Waals surface area contributed by atoms with Crippen LogP contribution in [0.15, 0.2) is 4.99 Å². The zero-order chi connectivity index (χ0) is 20.3. The number of carbonyl (C=O) groups is 2. The van der Waals surface area contributed by atoms with E-state index < -0.39 is 11.7 Å². The standard InChI is InChI=1S/C18H35N5O4.HI/c1-18(2,3)27-17(25)20-10-7-9-19-16(22-13-15(24)23(4)5)21-12-14-8-6-11-26-14;/h14H,6-13H2,1-5H3,(H,20,25)(H2,19,21,22);1H.